The fourth-order valence-electron chi connectivity index (χ4n) is 4.97. The van der Waals surface area contributed by atoms with Gasteiger partial charge in [-0.3, -0.25) is 9.36 Å². The molecule has 0 saturated heterocycles. The Morgan fingerprint density at radius 3 is 2.78 bits per heavy atom. The van der Waals surface area contributed by atoms with Gasteiger partial charge in [-0.1, -0.05) is 47.7 Å². The number of ether oxygens (including phenoxy) is 1. The molecule has 8 heteroatoms. The van der Waals surface area contributed by atoms with Crippen LogP contribution in [0.5, 0.6) is 11.5 Å². The summed E-state index contributed by atoms with van der Waals surface area (Å²) in [6.45, 7) is 0. The van der Waals surface area contributed by atoms with E-state index < -0.39 is 0 Å². The Bertz CT molecular complexity index is 1750. The molecule has 6 rings (SSSR count). The second-order valence-corrected chi connectivity index (χ2v) is 12.1. The quantitative estimate of drug-likeness (QED) is 0.295. The summed E-state index contributed by atoms with van der Waals surface area (Å²) in [5.41, 5.74) is 6.04. The van der Waals surface area contributed by atoms with E-state index in [2.05, 4.69) is 69.4 Å². The minimum Gasteiger partial charge on any atom is -0.506 e. The number of methoxy groups -OCH3 is 1. The molecule has 0 fully saturated rings. The number of hydrogen-bond donors (Lipinski definition) is 1. The number of rotatable bonds is 3. The molecule has 3 aromatic carbocycles. The number of nitrogens with zero attached hydrogens (tertiary/aromatic N) is 2. The maximum atomic E-state index is 13.9. The van der Waals surface area contributed by atoms with Crippen molar-refractivity contribution in [2.24, 2.45) is 4.99 Å². The number of aromatic hydroxyl groups is 1. The summed E-state index contributed by atoms with van der Waals surface area (Å²) in [4.78, 5) is 19.6. The van der Waals surface area contributed by atoms with Crippen molar-refractivity contribution >= 4 is 68.3 Å². The molecule has 0 spiro atoms. The van der Waals surface area contributed by atoms with Crippen LogP contribution in [-0.2, 0) is 6.42 Å². The first-order valence-electron chi connectivity index (χ1n) is 11.4. The average molecular weight is 718 g/mol. The van der Waals surface area contributed by atoms with Gasteiger partial charge in [0.2, 0.25) is 0 Å². The number of aryl methyl sites for hydroxylation is 1. The number of benzene rings is 3. The first-order valence-corrected chi connectivity index (χ1v) is 14.4. The number of halogens is 2. The lowest BCUT2D eigenvalue weighted by Gasteiger charge is -2.31. The van der Waals surface area contributed by atoms with Crippen LogP contribution in [0.4, 0.5) is 0 Å². The van der Waals surface area contributed by atoms with Gasteiger partial charge in [-0.2, -0.15) is 0 Å². The minimum atomic E-state index is -0.272. The summed E-state index contributed by atoms with van der Waals surface area (Å²) in [5.74, 6) is 0.933. The third kappa shape index (κ3) is 4.03. The third-order valence-electron chi connectivity index (χ3n) is 6.63. The molecule has 0 saturated carbocycles. The van der Waals surface area contributed by atoms with E-state index in [9.17, 15) is 9.90 Å². The van der Waals surface area contributed by atoms with E-state index in [1.54, 1.807) is 13.2 Å². The molecule has 0 amide bonds. The lowest BCUT2D eigenvalue weighted by Crippen LogP contribution is -2.38. The predicted octanol–water partition coefficient (Wildman–Crippen LogP) is 5.24. The maximum Gasteiger partial charge on any atom is 0.271 e. The van der Waals surface area contributed by atoms with Crippen LogP contribution in [0.1, 0.15) is 34.7 Å². The fraction of sp³-hybridized carbons (Fsp3) is 0.143. The molecule has 2 aliphatic rings. The third-order valence-corrected chi connectivity index (χ3v) is 9.05. The summed E-state index contributed by atoms with van der Waals surface area (Å²) in [6, 6.07) is 19.8. The Hall–Kier alpha value is -2.44. The normalized spacial score (nSPS) is 16.8. The largest absolute Gasteiger partial charge is 0.506 e. The number of aromatic nitrogens is 1. The van der Waals surface area contributed by atoms with Gasteiger partial charge in [0.15, 0.2) is 4.80 Å². The van der Waals surface area contributed by atoms with Gasteiger partial charge in [0, 0.05) is 14.7 Å². The summed E-state index contributed by atoms with van der Waals surface area (Å²) in [6.07, 6.45) is 3.52. The molecule has 0 unspecified atom stereocenters. The van der Waals surface area contributed by atoms with E-state index in [0.29, 0.717) is 14.9 Å². The first kappa shape index (κ1) is 23.9. The molecule has 1 aliphatic carbocycles. The van der Waals surface area contributed by atoms with Crippen molar-refractivity contribution in [3.05, 3.63) is 115 Å². The monoisotopic (exact) mass is 718 g/mol. The lowest BCUT2D eigenvalue weighted by molar-refractivity contribution is 0.413. The Morgan fingerprint density at radius 2 is 1.94 bits per heavy atom. The van der Waals surface area contributed by atoms with Gasteiger partial charge in [0.05, 0.1) is 27.0 Å². The van der Waals surface area contributed by atoms with E-state index in [1.807, 2.05) is 41.0 Å². The molecule has 0 bridgehead atoms. The highest BCUT2D eigenvalue weighted by Crippen LogP contribution is 2.41. The summed E-state index contributed by atoms with van der Waals surface area (Å²) in [5, 5.41) is 10.7. The molecule has 180 valence electrons. The number of fused-ring (bicyclic) bond motifs is 3. The van der Waals surface area contributed by atoms with Crippen LogP contribution in [0.3, 0.4) is 0 Å². The number of phenols is 1. The van der Waals surface area contributed by atoms with Gasteiger partial charge in [-0.05, 0) is 105 Å². The molecule has 2 heterocycles. The van der Waals surface area contributed by atoms with Gasteiger partial charge >= 0.3 is 0 Å². The van der Waals surface area contributed by atoms with Gasteiger partial charge < -0.3 is 9.84 Å². The Balaban J connectivity index is 1.64. The van der Waals surface area contributed by atoms with Crippen LogP contribution in [0.15, 0.2) is 76.0 Å². The second-order valence-electron chi connectivity index (χ2n) is 8.72. The van der Waals surface area contributed by atoms with Crippen LogP contribution in [0.2, 0.25) is 0 Å². The predicted molar refractivity (Wildman–Crippen MR) is 159 cm³/mol. The van der Waals surface area contributed by atoms with E-state index in [1.165, 1.54) is 16.9 Å². The number of hydrogen-bond acceptors (Lipinski definition) is 5. The molecular formula is C28H20I2N2O3S. The van der Waals surface area contributed by atoms with Crippen LogP contribution in [-0.4, -0.2) is 16.8 Å². The first-order chi connectivity index (χ1) is 17.4. The zero-order valence-electron chi connectivity index (χ0n) is 19.2. The summed E-state index contributed by atoms with van der Waals surface area (Å²) < 4.78 is 9.62. The van der Waals surface area contributed by atoms with E-state index in [0.717, 1.165) is 48.1 Å². The summed E-state index contributed by atoms with van der Waals surface area (Å²) in [7, 11) is 1.65. The van der Waals surface area contributed by atoms with Gasteiger partial charge in [-0.15, -0.1) is 0 Å². The van der Waals surface area contributed by atoms with Crippen molar-refractivity contribution in [1.29, 1.82) is 0 Å². The van der Waals surface area contributed by atoms with E-state index in [-0.39, 0.29) is 17.4 Å². The van der Waals surface area contributed by atoms with Crippen molar-refractivity contribution in [2.45, 2.75) is 18.9 Å². The van der Waals surface area contributed by atoms with Crippen molar-refractivity contribution < 1.29 is 9.84 Å². The highest BCUT2D eigenvalue weighted by Gasteiger charge is 2.32. The fourth-order valence-corrected chi connectivity index (χ4v) is 7.85. The van der Waals surface area contributed by atoms with Gasteiger partial charge in [0.25, 0.3) is 5.56 Å². The van der Waals surface area contributed by atoms with Gasteiger partial charge in [-0.25, -0.2) is 4.99 Å². The van der Waals surface area contributed by atoms with Crippen LogP contribution in [0, 0.1) is 7.14 Å². The average Bonchev–Trinajstić information content (AvgIpc) is 3.20. The van der Waals surface area contributed by atoms with E-state index >= 15 is 0 Å². The highest BCUT2D eigenvalue weighted by molar-refractivity contribution is 14.1. The number of allylic oxidation sites excluding steroid dienone is 1. The van der Waals surface area contributed by atoms with Crippen LogP contribution < -0.4 is 19.6 Å². The Kier molecular flexibility index (Phi) is 6.29. The second kappa shape index (κ2) is 9.46. The van der Waals surface area contributed by atoms with Crippen molar-refractivity contribution in [3.8, 4) is 11.5 Å². The zero-order chi connectivity index (χ0) is 25.0. The molecule has 0 radical (unpaired) electrons. The Morgan fingerprint density at radius 1 is 1.11 bits per heavy atom. The molecule has 5 nitrogen and oxygen atoms in total. The molecule has 1 aliphatic heterocycles. The standard InChI is InChI=1S/C28H20I2N2O3S/c1-35-19-7-4-6-16(12-19)25-21-10-9-15-5-2-3-8-20(15)24(21)31-28-32(25)27(34)23(36-28)13-17-11-18(29)14-22(30)26(17)33/h2-8,11-14,25,33H,9-10H2,1H3/b23-13+/t25-/m0/s1. The molecule has 1 N–H and O–H groups in total. The maximum absolute atomic E-state index is 13.9. The highest BCUT2D eigenvalue weighted by atomic mass is 127. The summed E-state index contributed by atoms with van der Waals surface area (Å²) >= 11 is 5.70. The Labute approximate surface area is 238 Å². The van der Waals surface area contributed by atoms with Crippen molar-refractivity contribution in [3.63, 3.8) is 0 Å². The zero-order valence-corrected chi connectivity index (χ0v) is 24.3. The number of thiazole rings is 1. The SMILES string of the molecule is COc1cccc([C@H]2C3=C(N=c4s/c(=C/c5cc(I)cc(I)c5O)c(=O)n42)c2ccccc2CC3)c1. The van der Waals surface area contributed by atoms with Crippen LogP contribution in [0.25, 0.3) is 11.8 Å². The molecule has 1 aromatic heterocycles. The molecule has 4 aromatic rings. The molecular weight excluding hydrogens is 698 g/mol. The van der Waals surface area contributed by atoms with Crippen LogP contribution >= 0.6 is 56.5 Å². The topological polar surface area (TPSA) is 63.8 Å². The lowest BCUT2D eigenvalue weighted by atomic mass is 9.83. The van der Waals surface area contributed by atoms with Crippen molar-refractivity contribution in [1.82, 2.24) is 4.57 Å². The van der Waals surface area contributed by atoms with E-state index in [4.69, 9.17) is 9.73 Å². The van der Waals surface area contributed by atoms with Crippen molar-refractivity contribution in [2.75, 3.05) is 7.11 Å². The smallest absolute Gasteiger partial charge is 0.271 e. The molecule has 1 atom stereocenters. The number of phenolic OH excluding ortho intramolecular Hbond substituents is 1. The minimum absolute atomic E-state index is 0.106. The van der Waals surface area contributed by atoms with Gasteiger partial charge in [0.1, 0.15) is 11.5 Å². The molecule has 36 heavy (non-hydrogen) atoms.